The van der Waals surface area contributed by atoms with Crippen LogP contribution in [0, 0.1) is 17.0 Å². The van der Waals surface area contributed by atoms with Crippen LogP contribution in [0.4, 0.5) is 5.69 Å². The summed E-state index contributed by atoms with van der Waals surface area (Å²) in [5, 5.41) is 14.1. The number of benzene rings is 1. The van der Waals surface area contributed by atoms with Gasteiger partial charge in [0.15, 0.2) is 0 Å². The molecule has 1 aromatic rings. The molecule has 0 aromatic heterocycles. The van der Waals surface area contributed by atoms with E-state index < -0.39 is 14.9 Å². The van der Waals surface area contributed by atoms with Crippen LogP contribution in [0.5, 0.6) is 0 Å². The molecule has 1 unspecified atom stereocenters. The van der Waals surface area contributed by atoms with Crippen molar-refractivity contribution in [2.75, 3.05) is 20.1 Å². The third kappa shape index (κ3) is 3.10. The summed E-state index contributed by atoms with van der Waals surface area (Å²) in [7, 11) is -2.04. The maximum Gasteiger partial charge on any atom is 0.275 e. The van der Waals surface area contributed by atoms with Crippen molar-refractivity contribution < 1.29 is 13.3 Å². The Morgan fingerprint density at radius 1 is 1.50 bits per heavy atom. The largest absolute Gasteiger partial charge is 0.318 e. The highest BCUT2D eigenvalue weighted by atomic mass is 35.5. The number of halogens is 1. The van der Waals surface area contributed by atoms with E-state index in [-0.39, 0.29) is 27.2 Å². The highest BCUT2D eigenvalue weighted by molar-refractivity contribution is 7.89. The van der Waals surface area contributed by atoms with Crippen molar-refractivity contribution >= 4 is 27.3 Å². The summed E-state index contributed by atoms with van der Waals surface area (Å²) in [5.74, 6) is 0. The van der Waals surface area contributed by atoms with Crippen molar-refractivity contribution in [2.24, 2.45) is 0 Å². The Labute approximate surface area is 134 Å². The summed E-state index contributed by atoms with van der Waals surface area (Å²) < 4.78 is 26.9. The highest BCUT2D eigenvalue weighted by Gasteiger charge is 2.36. The number of sulfonamides is 1. The van der Waals surface area contributed by atoms with Gasteiger partial charge in [0, 0.05) is 30.8 Å². The van der Waals surface area contributed by atoms with Crippen LogP contribution < -0.4 is 5.32 Å². The fourth-order valence-electron chi connectivity index (χ4n) is 2.68. The van der Waals surface area contributed by atoms with Crippen molar-refractivity contribution in [3.8, 4) is 0 Å². The van der Waals surface area contributed by atoms with E-state index in [1.165, 1.54) is 17.3 Å². The molecule has 1 aliphatic heterocycles. The van der Waals surface area contributed by atoms with Gasteiger partial charge in [-0.3, -0.25) is 10.1 Å². The first-order valence-electron chi connectivity index (χ1n) is 6.90. The van der Waals surface area contributed by atoms with Gasteiger partial charge in [0.05, 0.1) is 14.8 Å². The van der Waals surface area contributed by atoms with Gasteiger partial charge in [-0.15, -0.1) is 0 Å². The molecule has 22 heavy (non-hydrogen) atoms. The van der Waals surface area contributed by atoms with E-state index in [1.54, 1.807) is 7.05 Å². The lowest BCUT2D eigenvalue weighted by atomic mass is 10.2. The SMILES string of the molecule is CNCC1CCCN1S(=O)(=O)c1cc(Cl)c(C)c([N+](=O)[O-])c1. The molecule has 1 fully saturated rings. The smallest absolute Gasteiger partial charge is 0.275 e. The second kappa shape index (κ2) is 6.49. The standard InChI is InChI=1S/C13H18ClN3O4S/c1-9-12(14)6-11(7-13(9)17(18)19)22(20,21)16-5-3-4-10(16)8-15-2/h6-7,10,15H,3-5,8H2,1-2H3. The van der Waals surface area contributed by atoms with Gasteiger partial charge in [0.25, 0.3) is 5.69 Å². The lowest BCUT2D eigenvalue weighted by Crippen LogP contribution is -2.40. The minimum absolute atomic E-state index is 0.0807. The Morgan fingerprint density at radius 2 is 2.18 bits per heavy atom. The fraction of sp³-hybridized carbons (Fsp3) is 0.538. The molecular weight excluding hydrogens is 330 g/mol. The molecule has 1 aliphatic rings. The summed E-state index contributed by atoms with van der Waals surface area (Å²) in [6.07, 6.45) is 1.54. The van der Waals surface area contributed by atoms with Gasteiger partial charge >= 0.3 is 0 Å². The fourth-order valence-corrected chi connectivity index (χ4v) is 4.70. The van der Waals surface area contributed by atoms with E-state index in [1.807, 2.05) is 0 Å². The third-order valence-corrected chi connectivity index (χ3v) is 6.18. The first-order valence-corrected chi connectivity index (χ1v) is 8.71. The van der Waals surface area contributed by atoms with Gasteiger partial charge < -0.3 is 5.32 Å². The zero-order chi connectivity index (χ0) is 16.5. The van der Waals surface area contributed by atoms with Gasteiger partial charge in [0.1, 0.15) is 0 Å². The van der Waals surface area contributed by atoms with Crippen LogP contribution in [-0.2, 0) is 10.0 Å². The average Bonchev–Trinajstić information content (AvgIpc) is 2.90. The number of nitrogens with zero attached hydrogens (tertiary/aromatic N) is 2. The Morgan fingerprint density at radius 3 is 2.77 bits per heavy atom. The number of rotatable bonds is 5. The molecule has 122 valence electrons. The first kappa shape index (κ1) is 17.1. The Kier molecular flexibility index (Phi) is 5.06. The summed E-state index contributed by atoms with van der Waals surface area (Å²) in [5.41, 5.74) is -0.0192. The number of nitro groups is 1. The van der Waals surface area contributed by atoms with Gasteiger partial charge in [-0.05, 0) is 32.9 Å². The van der Waals surface area contributed by atoms with E-state index in [0.29, 0.717) is 13.1 Å². The van der Waals surface area contributed by atoms with Crippen molar-refractivity contribution in [3.63, 3.8) is 0 Å². The molecule has 7 nitrogen and oxygen atoms in total. The predicted octanol–water partition coefficient (Wildman–Crippen LogP) is 1.93. The number of likely N-dealkylation sites (N-methyl/N-ethyl adjacent to an activating group) is 1. The number of hydrogen-bond acceptors (Lipinski definition) is 5. The Bertz CT molecular complexity index is 693. The minimum Gasteiger partial charge on any atom is -0.318 e. The van der Waals surface area contributed by atoms with Crippen molar-refractivity contribution in [3.05, 3.63) is 32.8 Å². The molecule has 0 aliphatic carbocycles. The van der Waals surface area contributed by atoms with Crippen molar-refractivity contribution in [1.29, 1.82) is 0 Å². The van der Waals surface area contributed by atoms with Gasteiger partial charge in [-0.2, -0.15) is 4.31 Å². The van der Waals surface area contributed by atoms with Crippen LogP contribution in [0.3, 0.4) is 0 Å². The summed E-state index contributed by atoms with van der Waals surface area (Å²) in [6, 6.07) is 2.23. The van der Waals surface area contributed by atoms with E-state index in [0.717, 1.165) is 18.9 Å². The van der Waals surface area contributed by atoms with Crippen LogP contribution in [0.25, 0.3) is 0 Å². The Balaban J connectivity index is 2.48. The quantitative estimate of drug-likeness (QED) is 0.649. The van der Waals surface area contributed by atoms with Crippen LogP contribution in [0.2, 0.25) is 5.02 Å². The second-order valence-electron chi connectivity index (χ2n) is 5.28. The molecule has 9 heteroatoms. The topological polar surface area (TPSA) is 92.6 Å². The molecular formula is C13H18ClN3O4S. The molecule has 1 atom stereocenters. The molecule has 2 rings (SSSR count). The van der Waals surface area contributed by atoms with Crippen LogP contribution in [-0.4, -0.2) is 43.8 Å². The Hall–Kier alpha value is -1.22. The second-order valence-corrected chi connectivity index (χ2v) is 7.57. The van der Waals surface area contributed by atoms with E-state index in [2.05, 4.69) is 5.32 Å². The molecule has 0 spiro atoms. The van der Waals surface area contributed by atoms with Gasteiger partial charge in [-0.1, -0.05) is 11.6 Å². The predicted molar refractivity (Wildman–Crippen MR) is 83.7 cm³/mol. The molecule has 1 N–H and O–H groups in total. The van der Waals surface area contributed by atoms with Crippen LogP contribution in [0.1, 0.15) is 18.4 Å². The zero-order valence-corrected chi connectivity index (χ0v) is 13.9. The van der Waals surface area contributed by atoms with Crippen LogP contribution >= 0.6 is 11.6 Å². The maximum atomic E-state index is 12.8. The zero-order valence-electron chi connectivity index (χ0n) is 12.4. The molecule has 1 aromatic carbocycles. The van der Waals surface area contributed by atoms with Crippen LogP contribution in [0.15, 0.2) is 17.0 Å². The summed E-state index contributed by atoms with van der Waals surface area (Å²) >= 11 is 5.97. The lowest BCUT2D eigenvalue weighted by Gasteiger charge is -2.24. The summed E-state index contributed by atoms with van der Waals surface area (Å²) in [4.78, 5) is 10.3. The normalized spacial score (nSPS) is 19.5. The number of hydrogen-bond donors (Lipinski definition) is 1. The molecule has 0 amide bonds. The highest BCUT2D eigenvalue weighted by Crippen LogP contribution is 2.33. The monoisotopic (exact) mass is 347 g/mol. The molecule has 0 saturated carbocycles. The van der Waals surface area contributed by atoms with E-state index >= 15 is 0 Å². The van der Waals surface area contributed by atoms with Crippen molar-refractivity contribution in [1.82, 2.24) is 9.62 Å². The van der Waals surface area contributed by atoms with Gasteiger partial charge in [0.2, 0.25) is 10.0 Å². The van der Waals surface area contributed by atoms with Crippen molar-refractivity contribution in [2.45, 2.75) is 30.7 Å². The molecule has 0 bridgehead atoms. The molecule has 1 heterocycles. The summed E-state index contributed by atoms with van der Waals surface area (Å²) in [6.45, 7) is 2.45. The van der Waals surface area contributed by atoms with Gasteiger partial charge in [-0.25, -0.2) is 8.42 Å². The number of nitro benzene ring substituents is 1. The average molecular weight is 348 g/mol. The molecule has 0 radical (unpaired) electrons. The molecule has 1 saturated heterocycles. The lowest BCUT2D eigenvalue weighted by molar-refractivity contribution is -0.385. The van der Waals surface area contributed by atoms with E-state index in [9.17, 15) is 18.5 Å². The maximum absolute atomic E-state index is 12.8. The number of nitrogens with one attached hydrogen (secondary N) is 1. The first-order chi connectivity index (χ1) is 10.3. The minimum atomic E-state index is -3.80. The third-order valence-electron chi connectivity index (χ3n) is 3.86. The van der Waals surface area contributed by atoms with E-state index in [4.69, 9.17) is 11.6 Å².